The SMILES string of the molecule is CCc1ccccc1NC1CC(c2ccccc2Br)C1. The van der Waals surface area contributed by atoms with Crippen molar-refractivity contribution in [1.29, 1.82) is 0 Å². The number of hydrogen-bond donors (Lipinski definition) is 1. The fraction of sp³-hybridized carbons (Fsp3) is 0.333. The van der Waals surface area contributed by atoms with Gasteiger partial charge in [0.1, 0.15) is 0 Å². The fourth-order valence-corrected chi connectivity index (χ4v) is 3.59. The Morgan fingerprint density at radius 3 is 2.50 bits per heavy atom. The number of halogens is 1. The number of benzene rings is 2. The molecule has 20 heavy (non-hydrogen) atoms. The number of aryl methyl sites for hydroxylation is 1. The molecule has 0 bridgehead atoms. The third-order valence-electron chi connectivity index (χ3n) is 4.24. The van der Waals surface area contributed by atoms with E-state index in [0.717, 1.165) is 6.42 Å². The Hall–Kier alpha value is -1.28. The zero-order valence-corrected chi connectivity index (χ0v) is 13.4. The predicted molar refractivity (Wildman–Crippen MR) is 89.3 cm³/mol. The first-order valence-electron chi connectivity index (χ1n) is 7.36. The highest BCUT2D eigenvalue weighted by Crippen LogP contribution is 2.41. The lowest BCUT2D eigenvalue weighted by Crippen LogP contribution is -2.34. The Bertz CT molecular complexity index is 587. The predicted octanol–water partition coefficient (Wildman–Crippen LogP) is 5.37. The van der Waals surface area contributed by atoms with E-state index in [9.17, 15) is 0 Å². The molecule has 0 spiro atoms. The Morgan fingerprint density at radius 2 is 1.75 bits per heavy atom. The van der Waals surface area contributed by atoms with Gasteiger partial charge in [0.2, 0.25) is 0 Å². The number of hydrogen-bond acceptors (Lipinski definition) is 1. The molecule has 0 amide bonds. The summed E-state index contributed by atoms with van der Waals surface area (Å²) in [4.78, 5) is 0. The lowest BCUT2D eigenvalue weighted by atomic mass is 9.75. The highest BCUT2D eigenvalue weighted by Gasteiger charge is 2.31. The van der Waals surface area contributed by atoms with E-state index in [1.807, 2.05) is 0 Å². The van der Waals surface area contributed by atoms with E-state index >= 15 is 0 Å². The molecule has 0 radical (unpaired) electrons. The molecule has 1 aliphatic rings. The van der Waals surface area contributed by atoms with Crippen molar-refractivity contribution in [2.24, 2.45) is 0 Å². The second kappa shape index (κ2) is 6.01. The molecule has 0 heterocycles. The summed E-state index contributed by atoms with van der Waals surface area (Å²) in [5.41, 5.74) is 4.18. The average molecular weight is 330 g/mol. The molecule has 104 valence electrons. The quantitative estimate of drug-likeness (QED) is 0.795. The van der Waals surface area contributed by atoms with E-state index in [-0.39, 0.29) is 0 Å². The summed E-state index contributed by atoms with van der Waals surface area (Å²) < 4.78 is 1.25. The molecule has 2 aromatic rings. The minimum atomic E-state index is 0.611. The molecule has 0 aliphatic heterocycles. The van der Waals surface area contributed by atoms with Crippen LogP contribution in [-0.4, -0.2) is 6.04 Å². The standard InChI is InChI=1S/C18H20BrN/c1-2-13-7-3-6-10-18(13)20-15-11-14(12-15)16-8-4-5-9-17(16)19/h3-10,14-15,20H,2,11-12H2,1H3. The summed E-state index contributed by atoms with van der Waals surface area (Å²) in [5, 5.41) is 3.70. The van der Waals surface area contributed by atoms with Crippen molar-refractivity contribution in [2.75, 3.05) is 5.32 Å². The number of anilines is 1. The van der Waals surface area contributed by atoms with Gasteiger partial charge in [-0.25, -0.2) is 0 Å². The van der Waals surface area contributed by atoms with E-state index < -0.39 is 0 Å². The number of para-hydroxylation sites is 1. The van der Waals surface area contributed by atoms with Gasteiger partial charge in [-0.15, -0.1) is 0 Å². The van der Waals surface area contributed by atoms with Crippen LogP contribution in [0.3, 0.4) is 0 Å². The molecular weight excluding hydrogens is 310 g/mol. The van der Waals surface area contributed by atoms with Crippen LogP contribution in [-0.2, 0) is 6.42 Å². The van der Waals surface area contributed by atoms with Crippen molar-refractivity contribution in [3.8, 4) is 0 Å². The molecule has 0 aromatic heterocycles. The Labute approximate surface area is 129 Å². The zero-order valence-electron chi connectivity index (χ0n) is 11.8. The first kappa shape index (κ1) is 13.7. The fourth-order valence-electron chi connectivity index (χ4n) is 2.99. The summed E-state index contributed by atoms with van der Waals surface area (Å²) in [7, 11) is 0. The van der Waals surface area contributed by atoms with Gasteiger partial charge in [0.05, 0.1) is 0 Å². The summed E-state index contributed by atoms with van der Waals surface area (Å²) in [6.45, 7) is 2.21. The second-order valence-corrected chi connectivity index (χ2v) is 6.40. The van der Waals surface area contributed by atoms with E-state index in [2.05, 4.69) is 76.7 Å². The van der Waals surface area contributed by atoms with Crippen LogP contribution in [0.25, 0.3) is 0 Å². The highest BCUT2D eigenvalue weighted by atomic mass is 79.9. The highest BCUT2D eigenvalue weighted by molar-refractivity contribution is 9.10. The summed E-state index contributed by atoms with van der Waals surface area (Å²) >= 11 is 3.66. The van der Waals surface area contributed by atoms with Crippen molar-refractivity contribution >= 4 is 21.6 Å². The summed E-state index contributed by atoms with van der Waals surface area (Å²) in [5.74, 6) is 0.692. The summed E-state index contributed by atoms with van der Waals surface area (Å²) in [6, 6.07) is 17.9. The third-order valence-corrected chi connectivity index (χ3v) is 4.96. The van der Waals surface area contributed by atoms with Crippen molar-refractivity contribution in [3.63, 3.8) is 0 Å². The third kappa shape index (κ3) is 2.76. The van der Waals surface area contributed by atoms with Crippen LogP contribution in [0.15, 0.2) is 53.0 Å². The van der Waals surface area contributed by atoms with Crippen molar-refractivity contribution < 1.29 is 0 Å². The van der Waals surface area contributed by atoms with E-state index in [1.54, 1.807) is 0 Å². The van der Waals surface area contributed by atoms with E-state index in [4.69, 9.17) is 0 Å². The van der Waals surface area contributed by atoms with Crippen LogP contribution in [0.2, 0.25) is 0 Å². The Balaban J connectivity index is 1.63. The number of rotatable bonds is 4. The molecule has 1 aliphatic carbocycles. The summed E-state index contributed by atoms with van der Waals surface area (Å²) in [6.07, 6.45) is 3.53. The maximum absolute atomic E-state index is 3.70. The van der Waals surface area contributed by atoms with Gasteiger partial charge in [-0.05, 0) is 48.4 Å². The van der Waals surface area contributed by atoms with Crippen LogP contribution in [0, 0.1) is 0 Å². The van der Waals surface area contributed by atoms with Gasteiger partial charge in [0, 0.05) is 16.2 Å². The van der Waals surface area contributed by atoms with Gasteiger partial charge in [0.25, 0.3) is 0 Å². The van der Waals surface area contributed by atoms with Crippen molar-refractivity contribution in [3.05, 3.63) is 64.1 Å². The molecule has 1 N–H and O–H groups in total. The molecule has 1 fully saturated rings. The van der Waals surface area contributed by atoms with Gasteiger partial charge in [-0.3, -0.25) is 0 Å². The monoisotopic (exact) mass is 329 g/mol. The van der Waals surface area contributed by atoms with Gasteiger partial charge >= 0.3 is 0 Å². The minimum Gasteiger partial charge on any atom is -0.382 e. The van der Waals surface area contributed by atoms with Gasteiger partial charge in [-0.1, -0.05) is 59.3 Å². The van der Waals surface area contributed by atoms with Crippen molar-refractivity contribution in [2.45, 2.75) is 38.1 Å². The topological polar surface area (TPSA) is 12.0 Å². The first-order valence-corrected chi connectivity index (χ1v) is 8.16. The molecule has 0 saturated heterocycles. The molecule has 0 atom stereocenters. The van der Waals surface area contributed by atoms with Crippen LogP contribution >= 0.6 is 15.9 Å². The van der Waals surface area contributed by atoms with E-state index in [1.165, 1.54) is 34.1 Å². The van der Waals surface area contributed by atoms with Crippen LogP contribution < -0.4 is 5.32 Å². The first-order chi connectivity index (χ1) is 9.78. The van der Waals surface area contributed by atoms with Gasteiger partial charge < -0.3 is 5.32 Å². The second-order valence-electron chi connectivity index (χ2n) is 5.54. The lowest BCUT2D eigenvalue weighted by Gasteiger charge is -2.37. The van der Waals surface area contributed by atoms with Crippen LogP contribution in [0.4, 0.5) is 5.69 Å². The van der Waals surface area contributed by atoms with E-state index in [0.29, 0.717) is 12.0 Å². The molecule has 0 unspecified atom stereocenters. The Kier molecular flexibility index (Phi) is 4.11. The molecule has 1 nitrogen and oxygen atoms in total. The molecule has 3 rings (SSSR count). The smallest absolute Gasteiger partial charge is 0.0374 e. The maximum atomic E-state index is 3.70. The lowest BCUT2D eigenvalue weighted by molar-refractivity contribution is 0.373. The van der Waals surface area contributed by atoms with Crippen LogP contribution in [0.1, 0.15) is 36.8 Å². The number of nitrogens with one attached hydrogen (secondary N) is 1. The molecular formula is C18H20BrN. The van der Waals surface area contributed by atoms with Gasteiger partial charge in [-0.2, -0.15) is 0 Å². The molecule has 2 aromatic carbocycles. The Morgan fingerprint density at radius 1 is 1.05 bits per heavy atom. The molecule has 2 heteroatoms. The molecule has 1 saturated carbocycles. The maximum Gasteiger partial charge on any atom is 0.0374 e. The van der Waals surface area contributed by atoms with Crippen LogP contribution in [0.5, 0.6) is 0 Å². The largest absolute Gasteiger partial charge is 0.382 e. The van der Waals surface area contributed by atoms with Crippen molar-refractivity contribution in [1.82, 2.24) is 0 Å². The average Bonchev–Trinajstić information content (AvgIpc) is 2.44. The minimum absolute atomic E-state index is 0.611. The normalized spacial score (nSPS) is 21.3. The van der Waals surface area contributed by atoms with Gasteiger partial charge in [0.15, 0.2) is 0 Å². The zero-order chi connectivity index (χ0) is 13.9.